The van der Waals surface area contributed by atoms with Crippen LogP contribution in [-0.4, -0.2) is 17.7 Å². The van der Waals surface area contributed by atoms with Gasteiger partial charge in [0.25, 0.3) is 0 Å². The third-order valence-corrected chi connectivity index (χ3v) is 1.99. The standard InChI is InChI=1S/C13H12O.BH2O2/c1-3-7-12(8-4-1)11-14-13-9-5-2-6-10-13;2-1-3/h1-10H,11H2;2-3H. The van der Waals surface area contributed by atoms with Gasteiger partial charge in [-0.05, 0) is 17.7 Å². The smallest absolute Gasteiger partial charge is 0.482 e. The summed E-state index contributed by atoms with van der Waals surface area (Å²) in [5, 5.41) is 14.0. The second kappa shape index (κ2) is 8.39. The lowest BCUT2D eigenvalue weighted by Gasteiger charge is -2.05. The quantitative estimate of drug-likeness (QED) is 0.788. The molecule has 0 aliphatic rings. The summed E-state index contributed by atoms with van der Waals surface area (Å²) in [7, 11) is 0. The summed E-state index contributed by atoms with van der Waals surface area (Å²) in [5.74, 6) is 0.913. The molecule has 0 spiro atoms. The molecule has 0 aliphatic heterocycles. The topological polar surface area (TPSA) is 49.7 Å². The summed E-state index contributed by atoms with van der Waals surface area (Å²) in [5.41, 5.74) is 1.19. The van der Waals surface area contributed by atoms with Crippen LogP contribution in [0.4, 0.5) is 0 Å². The van der Waals surface area contributed by atoms with Gasteiger partial charge < -0.3 is 14.8 Å². The minimum absolute atomic E-state index is 0. The SMILES string of the molecule is O[B]O.c1ccc(COc2ccccc2)cc1. The molecule has 1 radical (unpaired) electrons. The molecule has 0 bridgehead atoms. The molecule has 0 unspecified atom stereocenters. The Morgan fingerprint density at radius 3 is 1.82 bits per heavy atom. The Balaban J connectivity index is 0.000000437. The van der Waals surface area contributed by atoms with Crippen molar-refractivity contribution < 1.29 is 14.8 Å². The summed E-state index contributed by atoms with van der Waals surface area (Å²) < 4.78 is 5.59. The van der Waals surface area contributed by atoms with Crippen LogP contribution in [0.25, 0.3) is 0 Å². The van der Waals surface area contributed by atoms with Crippen molar-refractivity contribution in [2.24, 2.45) is 0 Å². The van der Waals surface area contributed by atoms with Gasteiger partial charge in [-0.15, -0.1) is 0 Å². The van der Waals surface area contributed by atoms with Crippen molar-refractivity contribution in [1.29, 1.82) is 0 Å². The minimum Gasteiger partial charge on any atom is -0.489 e. The maximum absolute atomic E-state index is 7.00. The van der Waals surface area contributed by atoms with Crippen LogP contribution in [0.3, 0.4) is 0 Å². The van der Waals surface area contributed by atoms with Crippen LogP contribution >= 0.6 is 0 Å². The Morgan fingerprint density at radius 1 is 0.824 bits per heavy atom. The van der Waals surface area contributed by atoms with Crippen LogP contribution in [0.1, 0.15) is 5.56 Å². The van der Waals surface area contributed by atoms with E-state index in [4.69, 9.17) is 14.8 Å². The highest BCUT2D eigenvalue weighted by atomic mass is 16.5. The number of benzene rings is 2. The van der Waals surface area contributed by atoms with Gasteiger partial charge in [0.15, 0.2) is 0 Å². The second-order valence-corrected chi connectivity index (χ2v) is 3.20. The van der Waals surface area contributed by atoms with Crippen LogP contribution in [0, 0.1) is 0 Å². The first kappa shape index (κ1) is 13.3. The average molecular weight is 229 g/mol. The number of hydrogen-bond acceptors (Lipinski definition) is 3. The van der Waals surface area contributed by atoms with E-state index in [1.165, 1.54) is 5.56 Å². The van der Waals surface area contributed by atoms with E-state index >= 15 is 0 Å². The number of hydrogen-bond donors (Lipinski definition) is 2. The zero-order chi connectivity index (χ0) is 12.3. The Kier molecular flexibility index (Phi) is 6.56. The highest BCUT2D eigenvalue weighted by Gasteiger charge is 1.92. The van der Waals surface area contributed by atoms with Crippen LogP contribution in [0.15, 0.2) is 60.7 Å². The van der Waals surface area contributed by atoms with Gasteiger partial charge in [-0.3, -0.25) is 0 Å². The Bertz CT molecular complexity index is 352. The number of ether oxygens (including phenoxy) is 1. The van der Waals surface area contributed by atoms with Crippen molar-refractivity contribution in [3.05, 3.63) is 66.2 Å². The molecule has 17 heavy (non-hydrogen) atoms. The monoisotopic (exact) mass is 229 g/mol. The van der Waals surface area contributed by atoms with Gasteiger partial charge in [0, 0.05) is 0 Å². The van der Waals surface area contributed by atoms with Gasteiger partial charge in [0.2, 0.25) is 0 Å². The molecule has 0 atom stereocenters. The normalized spacial score (nSPS) is 8.82. The van der Waals surface area contributed by atoms with Gasteiger partial charge in [-0.25, -0.2) is 0 Å². The van der Waals surface area contributed by atoms with Crippen molar-refractivity contribution in [2.45, 2.75) is 6.61 Å². The van der Waals surface area contributed by atoms with E-state index in [0.717, 1.165) is 5.75 Å². The van der Waals surface area contributed by atoms with Gasteiger partial charge >= 0.3 is 7.69 Å². The molecule has 2 N–H and O–H groups in total. The molecule has 2 aromatic rings. The summed E-state index contributed by atoms with van der Waals surface area (Å²) in [6, 6.07) is 20.0. The molecule has 2 rings (SSSR count). The van der Waals surface area contributed by atoms with Crippen molar-refractivity contribution in [2.75, 3.05) is 0 Å². The minimum atomic E-state index is 0. The molecule has 4 heteroatoms. The Hall–Kier alpha value is -1.78. The predicted octanol–water partition coefficient (Wildman–Crippen LogP) is 1.77. The zero-order valence-corrected chi connectivity index (χ0v) is 9.36. The molecule has 0 fully saturated rings. The van der Waals surface area contributed by atoms with Gasteiger partial charge in [-0.2, -0.15) is 0 Å². The van der Waals surface area contributed by atoms with Crippen molar-refractivity contribution in [3.8, 4) is 5.75 Å². The molecule has 0 aliphatic carbocycles. The second-order valence-electron chi connectivity index (χ2n) is 3.20. The van der Waals surface area contributed by atoms with Gasteiger partial charge in [0.1, 0.15) is 12.4 Å². The molecule has 0 amide bonds. The molecule has 0 saturated carbocycles. The largest absolute Gasteiger partial charge is 0.489 e. The number of rotatable bonds is 3. The lowest BCUT2D eigenvalue weighted by molar-refractivity contribution is 0.306. The van der Waals surface area contributed by atoms with Crippen molar-refractivity contribution in [1.82, 2.24) is 0 Å². The van der Waals surface area contributed by atoms with Crippen LogP contribution in [-0.2, 0) is 6.61 Å². The van der Waals surface area contributed by atoms with Crippen LogP contribution in [0.5, 0.6) is 5.75 Å². The van der Waals surface area contributed by atoms with Crippen LogP contribution < -0.4 is 4.74 Å². The molecule has 3 nitrogen and oxygen atoms in total. The van der Waals surface area contributed by atoms with E-state index in [1.807, 2.05) is 48.5 Å². The summed E-state index contributed by atoms with van der Waals surface area (Å²) >= 11 is 0. The first-order valence-corrected chi connectivity index (χ1v) is 5.18. The molecule has 0 heterocycles. The zero-order valence-electron chi connectivity index (χ0n) is 9.36. The average Bonchev–Trinajstić information content (AvgIpc) is 2.40. The molecular formula is C13H14BO3. The molecular weight excluding hydrogens is 215 g/mol. The summed E-state index contributed by atoms with van der Waals surface area (Å²) in [6.45, 7) is 0.630. The van der Waals surface area contributed by atoms with E-state index in [1.54, 1.807) is 0 Å². The van der Waals surface area contributed by atoms with E-state index in [2.05, 4.69) is 12.1 Å². The van der Waals surface area contributed by atoms with Crippen molar-refractivity contribution in [3.63, 3.8) is 0 Å². The molecule has 0 aromatic heterocycles. The van der Waals surface area contributed by atoms with E-state index in [0.29, 0.717) is 6.61 Å². The maximum atomic E-state index is 7.00. The Morgan fingerprint density at radius 2 is 1.29 bits per heavy atom. The predicted molar refractivity (Wildman–Crippen MR) is 67.4 cm³/mol. The lowest BCUT2D eigenvalue weighted by atomic mass is 10.2. The Labute approximate surface area is 102 Å². The number of para-hydroxylation sites is 1. The van der Waals surface area contributed by atoms with Gasteiger partial charge in [0.05, 0.1) is 0 Å². The summed E-state index contributed by atoms with van der Waals surface area (Å²) in [6.07, 6.45) is 0. The third kappa shape index (κ3) is 5.75. The first-order chi connectivity index (χ1) is 8.36. The summed E-state index contributed by atoms with van der Waals surface area (Å²) in [4.78, 5) is 0. The maximum Gasteiger partial charge on any atom is 0.482 e. The molecule has 87 valence electrons. The van der Waals surface area contributed by atoms with Crippen LogP contribution in [0.2, 0.25) is 0 Å². The third-order valence-electron chi connectivity index (χ3n) is 1.99. The highest BCUT2D eigenvalue weighted by Crippen LogP contribution is 2.10. The first-order valence-electron chi connectivity index (χ1n) is 5.18. The fraction of sp³-hybridized carbons (Fsp3) is 0.0769. The van der Waals surface area contributed by atoms with E-state index in [9.17, 15) is 0 Å². The lowest BCUT2D eigenvalue weighted by Crippen LogP contribution is -1.94. The van der Waals surface area contributed by atoms with Crippen molar-refractivity contribution >= 4 is 7.69 Å². The molecule has 2 aromatic carbocycles. The van der Waals surface area contributed by atoms with E-state index < -0.39 is 0 Å². The fourth-order valence-electron chi connectivity index (χ4n) is 1.26. The van der Waals surface area contributed by atoms with E-state index in [-0.39, 0.29) is 7.69 Å². The highest BCUT2D eigenvalue weighted by molar-refractivity contribution is 6.13. The molecule has 0 saturated heterocycles. The fourth-order valence-corrected chi connectivity index (χ4v) is 1.26. The van der Waals surface area contributed by atoms with Gasteiger partial charge in [-0.1, -0.05) is 48.5 Å².